The summed E-state index contributed by atoms with van der Waals surface area (Å²) in [5.41, 5.74) is 2.51. The molecule has 3 rings (SSSR count). The average Bonchev–Trinajstić information content (AvgIpc) is 2.85. The minimum absolute atomic E-state index is 0. The minimum atomic E-state index is 0. The summed E-state index contributed by atoms with van der Waals surface area (Å²) in [6, 6.07) is 8.52. The van der Waals surface area contributed by atoms with Gasteiger partial charge in [0, 0.05) is 50.5 Å². The van der Waals surface area contributed by atoms with Crippen molar-refractivity contribution in [3.63, 3.8) is 0 Å². The molecule has 2 aromatic rings. The first-order valence-electron chi connectivity index (χ1n) is 6.89. The first-order chi connectivity index (χ1) is 9.74. The third-order valence-electron chi connectivity index (χ3n) is 3.87. The Morgan fingerprint density at radius 1 is 1.43 bits per heavy atom. The van der Waals surface area contributed by atoms with E-state index in [-0.39, 0.29) is 12.4 Å². The number of halogens is 2. The summed E-state index contributed by atoms with van der Waals surface area (Å²) < 4.78 is 2.08. The van der Waals surface area contributed by atoms with E-state index in [2.05, 4.69) is 31.9 Å². The zero-order chi connectivity index (χ0) is 13.9. The van der Waals surface area contributed by atoms with E-state index in [1.807, 2.05) is 31.7 Å². The van der Waals surface area contributed by atoms with Crippen molar-refractivity contribution in [1.29, 1.82) is 0 Å². The molecule has 21 heavy (non-hydrogen) atoms. The number of hydrogen-bond donors (Lipinski definition) is 1. The molecule has 1 atom stereocenters. The molecular formula is C15H20Cl2N4. The summed E-state index contributed by atoms with van der Waals surface area (Å²) in [5, 5.41) is 4.27. The van der Waals surface area contributed by atoms with Crippen molar-refractivity contribution in [1.82, 2.24) is 19.8 Å². The molecule has 0 bridgehead atoms. The van der Waals surface area contributed by atoms with Crippen molar-refractivity contribution in [2.45, 2.75) is 12.6 Å². The molecule has 4 nitrogen and oxygen atoms in total. The molecule has 1 N–H and O–H groups in total. The molecule has 1 aromatic carbocycles. The quantitative estimate of drug-likeness (QED) is 0.941. The van der Waals surface area contributed by atoms with Gasteiger partial charge in [0.25, 0.3) is 0 Å². The molecule has 6 heteroatoms. The lowest BCUT2D eigenvalue weighted by molar-refractivity contribution is 0.150. The SMILES string of the molecule is Cl.Cn1cncc1CN1CCNCC1c1cccc(Cl)c1. The molecule has 1 aromatic heterocycles. The molecule has 1 aliphatic heterocycles. The first kappa shape index (κ1) is 16.3. The van der Waals surface area contributed by atoms with Crippen molar-refractivity contribution < 1.29 is 0 Å². The van der Waals surface area contributed by atoms with Crippen LogP contribution in [0.5, 0.6) is 0 Å². The zero-order valence-corrected chi connectivity index (χ0v) is 13.6. The van der Waals surface area contributed by atoms with E-state index in [0.29, 0.717) is 6.04 Å². The molecule has 1 aliphatic rings. The van der Waals surface area contributed by atoms with Crippen LogP contribution >= 0.6 is 24.0 Å². The van der Waals surface area contributed by atoms with E-state index in [1.165, 1.54) is 11.3 Å². The Morgan fingerprint density at radius 2 is 2.29 bits per heavy atom. The van der Waals surface area contributed by atoms with Crippen molar-refractivity contribution in [2.24, 2.45) is 7.05 Å². The molecule has 1 unspecified atom stereocenters. The smallest absolute Gasteiger partial charge is 0.0945 e. The summed E-state index contributed by atoms with van der Waals surface area (Å²) in [6.07, 6.45) is 3.79. The monoisotopic (exact) mass is 326 g/mol. The lowest BCUT2D eigenvalue weighted by Crippen LogP contribution is -2.45. The van der Waals surface area contributed by atoms with Crippen LogP contribution in [0.4, 0.5) is 0 Å². The zero-order valence-electron chi connectivity index (χ0n) is 12.0. The van der Waals surface area contributed by atoms with Gasteiger partial charge < -0.3 is 9.88 Å². The molecule has 0 amide bonds. The lowest BCUT2D eigenvalue weighted by atomic mass is 10.0. The van der Waals surface area contributed by atoms with E-state index in [4.69, 9.17) is 11.6 Å². The van der Waals surface area contributed by atoms with Crippen molar-refractivity contribution in [3.05, 3.63) is 53.1 Å². The maximum atomic E-state index is 6.13. The maximum Gasteiger partial charge on any atom is 0.0945 e. The summed E-state index contributed by atoms with van der Waals surface area (Å²) in [7, 11) is 2.04. The largest absolute Gasteiger partial charge is 0.337 e. The number of benzene rings is 1. The van der Waals surface area contributed by atoms with Crippen LogP contribution in [-0.2, 0) is 13.6 Å². The topological polar surface area (TPSA) is 33.1 Å². The molecule has 0 radical (unpaired) electrons. The van der Waals surface area contributed by atoms with Gasteiger partial charge in [-0.1, -0.05) is 23.7 Å². The standard InChI is InChI=1S/C15H19ClN4.ClH/c1-19-11-18-8-14(19)10-20-6-5-17-9-15(20)12-3-2-4-13(16)7-12;/h2-4,7-8,11,15,17H,5-6,9-10H2,1H3;1H. The lowest BCUT2D eigenvalue weighted by Gasteiger charge is -2.36. The second-order valence-electron chi connectivity index (χ2n) is 5.24. The number of piperazine rings is 1. The highest BCUT2D eigenvalue weighted by Crippen LogP contribution is 2.25. The molecule has 1 fully saturated rings. The highest BCUT2D eigenvalue weighted by atomic mass is 35.5. The van der Waals surface area contributed by atoms with Crippen LogP contribution in [0.3, 0.4) is 0 Å². The van der Waals surface area contributed by atoms with Gasteiger partial charge in [0.1, 0.15) is 0 Å². The maximum absolute atomic E-state index is 6.13. The number of hydrogen-bond acceptors (Lipinski definition) is 3. The van der Waals surface area contributed by atoms with Crippen molar-refractivity contribution in [2.75, 3.05) is 19.6 Å². The van der Waals surface area contributed by atoms with Gasteiger partial charge in [0.05, 0.1) is 12.0 Å². The number of aryl methyl sites for hydroxylation is 1. The van der Waals surface area contributed by atoms with Crippen LogP contribution in [0.15, 0.2) is 36.8 Å². The predicted octanol–water partition coefficient (Wildman–Crippen LogP) is 2.64. The fourth-order valence-corrected chi connectivity index (χ4v) is 2.92. The molecule has 0 saturated carbocycles. The van der Waals surface area contributed by atoms with E-state index in [0.717, 1.165) is 31.2 Å². The summed E-state index contributed by atoms with van der Waals surface area (Å²) in [6.45, 7) is 3.92. The van der Waals surface area contributed by atoms with Gasteiger partial charge in [-0.05, 0) is 17.7 Å². The Kier molecular flexibility index (Phi) is 5.65. The summed E-state index contributed by atoms with van der Waals surface area (Å²) in [5.74, 6) is 0. The Balaban J connectivity index is 0.00000161. The number of rotatable bonds is 3. The van der Waals surface area contributed by atoms with Crippen LogP contribution in [-0.4, -0.2) is 34.1 Å². The van der Waals surface area contributed by atoms with Gasteiger partial charge in [-0.25, -0.2) is 4.98 Å². The third kappa shape index (κ3) is 3.77. The van der Waals surface area contributed by atoms with Crippen LogP contribution in [0, 0.1) is 0 Å². The van der Waals surface area contributed by atoms with Crippen LogP contribution in [0.2, 0.25) is 5.02 Å². The summed E-state index contributed by atoms with van der Waals surface area (Å²) >= 11 is 6.13. The van der Waals surface area contributed by atoms with Gasteiger partial charge >= 0.3 is 0 Å². The Bertz CT molecular complexity index is 585. The molecule has 114 valence electrons. The second-order valence-corrected chi connectivity index (χ2v) is 5.68. The molecule has 2 heterocycles. The number of imidazole rings is 1. The predicted molar refractivity (Wildman–Crippen MR) is 87.9 cm³/mol. The van der Waals surface area contributed by atoms with Crippen LogP contribution in [0.1, 0.15) is 17.3 Å². The number of nitrogens with zero attached hydrogens (tertiary/aromatic N) is 3. The van der Waals surface area contributed by atoms with Gasteiger partial charge in [0.15, 0.2) is 0 Å². The first-order valence-corrected chi connectivity index (χ1v) is 7.27. The third-order valence-corrected chi connectivity index (χ3v) is 4.10. The molecular weight excluding hydrogens is 307 g/mol. The fourth-order valence-electron chi connectivity index (χ4n) is 2.72. The molecule has 0 spiro atoms. The fraction of sp³-hybridized carbons (Fsp3) is 0.400. The Morgan fingerprint density at radius 3 is 3.00 bits per heavy atom. The van der Waals surface area contributed by atoms with E-state index in [9.17, 15) is 0 Å². The number of nitrogens with one attached hydrogen (secondary N) is 1. The van der Waals surface area contributed by atoms with Crippen molar-refractivity contribution in [3.8, 4) is 0 Å². The van der Waals surface area contributed by atoms with E-state index < -0.39 is 0 Å². The van der Waals surface area contributed by atoms with Gasteiger partial charge in [-0.3, -0.25) is 4.90 Å². The van der Waals surface area contributed by atoms with Crippen LogP contribution < -0.4 is 5.32 Å². The number of aromatic nitrogens is 2. The summed E-state index contributed by atoms with van der Waals surface area (Å²) in [4.78, 5) is 6.68. The van der Waals surface area contributed by atoms with Crippen LogP contribution in [0.25, 0.3) is 0 Å². The van der Waals surface area contributed by atoms with Gasteiger partial charge in [0.2, 0.25) is 0 Å². The average molecular weight is 327 g/mol. The molecule has 1 saturated heterocycles. The highest BCUT2D eigenvalue weighted by molar-refractivity contribution is 6.30. The Hall–Kier alpha value is -1.07. The molecule has 0 aliphatic carbocycles. The van der Waals surface area contributed by atoms with E-state index in [1.54, 1.807) is 0 Å². The Labute approximate surface area is 136 Å². The van der Waals surface area contributed by atoms with Gasteiger partial charge in [-0.2, -0.15) is 0 Å². The van der Waals surface area contributed by atoms with Gasteiger partial charge in [-0.15, -0.1) is 12.4 Å². The van der Waals surface area contributed by atoms with E-state index >= 15 is 0 Å². The van der Waals surface area contributed by atoms with Crippen molar-refractivity contribution >= 4 is 24.0 Å². The second kappa shape index (κ2) is 7.27. The minimum Gasteiger partial charge on any atom is -0.337 e. The normalized spacial score (nSPS) is 19.2. The highest BCUT2D eigenvalue weighted by Gasteiger charge is 2.24.